The van der Waals surface area contributed by atoms with Crippen LogP contribution in [0.15, 0.2) is 47.4 Å². The van der Waals surface area contributed by atoms with E-state index in [1.54, 1.807) is 30.1 Å². The minimum Gasteiger partial charge on any atom is -0.372 e. The molecule has 1 heterocycles. The summed E-state index contributed by atoms with van der Waals surface area (Å²) in [5.41, 5.74) is 4.35. The van der Waals surface area contributed by atoms with Crippen LogP contribution >= 0.6 is 11.9 Å². The fourth-order valence-corrected chi connectivity index (χ4v) is 5.71. The lowest BCUT2D eigenvalue weighted by molar-refractivity contribution is -0.385. The number of rotatable bonds is 7. The van der Waals surface area contributed by atoms with E-state index in [2.05, 4.69) is 34.3 Å². The van der Waals surface area contributed by atoms with E-state index >= 15 is 0 Å². The summed E-state index contributed by atoms with van der Waals surface area (Å²) in [4.78, 5) is 14.3. The zero-order chi connectivity index (χ0) is 20.2. The lowest BCUT2D eigenvalue weighted by Gasteiger charge is -2.32. The summed E-state index contributed by atoms with van der Waals surface area (Å²) in [5.74, 6) is 0. The van der Waals surface area contributed by atoms with Gasteiger partial charge in [0.2, 0.25) is 0 Å². The summed E-state index contributed by atoms with van der Waals surface area (Å²) in [6.07, 6.45) is 7.33. The van der Waals surface area contributed by atoms with Crippen molar-refractivity contribution in [1.29, 1.82) is 0 Å². The molecule has 29 heavy (non-hydrogen) atoms. The number of nitrogens with zero attached hydrogens (tertiary/aromatic N) is 3. The highest BCUT2D eigenvalue weighted by Crippen LogP contribution is 2.36. The molecule has 0 unspecified atom stereocenters. The molecular formula is C23H29N3O2S. The lowest BCUT2D eigenvalue weighted by Crippen LogP contribution is -2.29. The van der Waals surface area contributed by atoms with Gasteiger partial charge in [-0.15, -0.1) is 0 Å². The molecule has 1 fully saturated rings. The molecule has 154 valence electrons. The van der Waals surface area contributed by atoms with Gasteiger partial charge in [0, 0.05) is 48.4 Å². The highest BCUT2D eigenvalue weighted by Gasteiger charge is 2.25. The number of nitro groups is 1. The van der Waals surface area contributed by atoms with Crippen LogP contribution in [0, 0.1) is 10.1 Å². The zero-order valence-corrected chi connectivity index (χ0v) is 17.9. The molecule has 0 saturated heterocycles. The molecule has 2 aromatic rings. The molecule has 0 bridgehead atoms. The van der Waals surface area contributed by atoms with E-state index in [0.29, 0.717) is 6.04 Å². The van der Waals surface area contributed by atoms with Crippen LogP contribution in [0.4, 0.5) is 11.4 Å². The number of benzene rings is 2. The van der Waals surface area contributed by atoms with Crippen LogP contribution in [0.5, 0.6) is 0 Å². The van der Waals surface area contributed by atoms with E-state index in [-0.39, 0.29) is 10.6 Å². The van der Waals surface area contributed by atoms with Crippen LogP contribution in [0.25, 0.3) is 0 Å². The van der Waals surface area contributed by atoms with Crippen LogP contribution in [-0.2, 0) is 13.0 Å². The van der Waals surface area contributed by atoms with E-state index in [4.69, 9.17) is 0 Å². The van der Waals surface area contributed by atoms with Gasteiger partial charge in [0.15, 0.2) is 0 Å². The first kappa shape index (κ1) is 20.2. The number of fused-ring (bicyclic) bond motifs is 1. The number of anilines is 1. The predicted molar refractivity (Wildman–Crippen MR) is 119 cm³/mol. The van der Waals surface area contributed by atoms with Crippen molar-refractivity contribution in [1.82, 2.24) is 4.31 Å². The summed E-state index contributed by atoms with van der Waals surface area (Å²) in [6.45, 7) is 5.31. The molecule has 5 nitrogen and oxygen atoms in total. The standard InChI is InChI=1S/C23H29N3O2S/c1-2-24-14-6-7-19-15-18(12-13-23(19)24)17-25(20-8-3-4-9-20)29-22-11-5-10-21(16-22)26(27)28/h5,10-13,15-16,20H,2-4,6-9,14,17H2,1H3. The number of aryl methyl sites for hydroxylation is 1. The van der Waals surface area contributed by atoms with Crippen molar-refractivity contribution in [3.05, 3.63) is 63.7 Å². The minimum atomic E-state index is -0.313. The Morgan fingerprint density at radius 1 is 1.17 bits per heavy atom. The largest absolute Gasteiger partial charge is 0.372 e. The van der Waals surface area contributed by atoms with Gasteiger partial charge < -0.3 is 4.90 Å². The topological polar surface area (TPSA) is 49.6 Å². The number of nitro benzene ring substituents is 1. The van der Waals surface area contributed by atoms with E-state index < -0.39 is 0 Å². The fraction of sp³-hybridized carbons (Fsp3) is 0.478. The molecule has 0 spiro atoms. The molecule has 2 aromatic carbocycles. The van der Waals surface area contributed by atoms with Gasteiger partial charge in [-0.25, -0.2) is 4.31 Å². The van der Waals surface area contributed by atoms with Gasteiger partial charge >= 0.3 is 0 Å². The molecule has 0 atom stereocenters. The molecule has 1 aliphatic carbocycles. The van der Waals surface area contributed by atoms with Crippen LogP contribution in [-0.4, -0.2) is 28.4 Å². The molecule has 0 aromatic heterocycles. The average molecular weight is 412 g/mol. The van der Waals surface area contributed by atoms with E-state index in [0.717, 1.165) is 31.0 Å². The third-order valence-corrected chi connectivity index (χ3v) is 7.19. The van der Waals surface area contributed by atoms with Crippen molar-refractivity contribution >= 4 is 23.3 Å². The van der Waals surface area contributed by atoms with Gasteiger partial charge in [0.05, 0.1) is 4.92 Å². The first-order valence-corrected chi connectivity index (χ1v) is 11.5. The first-order chi connectivity index (χ1) is 14.1. The van der Waals surface area contributed by atoms with Gasteiger partial charge in [-0.1, -0.05) is 31.0 Å². The molecule has 0 N–H and O–H groups in total. The van der Waals surface area contributed by atoms with Crippen LogP contribution in [0.3, 0.4) is 0 Å². The Morgan fingerprint density at radius 3 is 2.76 bits per heavy atom. The Hall–Kier alpha value is -2.05. The summed E-state index contributed by atoms with van der Waals surface area (Å²) in [5, 5.41) is 11.2. The Kier molecular flexibility index (Phi) is 6.40. The summed E-state index contributed by atoms with van der Waals surface area (Å²) < 4.78 is 2.45. The number of hydrogen-bond donors (Lipinski definition) is 0. The van der Waals surface area contributed by atoms with Crippen LogP contribution < -0.4 is 4.90 Å². The smallest absolute Gasteiger partial charge is 0.270 e. The van der Waals surface area contributed by atoms with Crippen molar-refractivity contribution in [2.75, 3.05) is 18.0 Å². The molecule has 6 heteroatoms. The maximum atomic E-state index is 11.2. The molecule has 1 aliphatic heterocycles. The Morgan fingerprint density at radius 2 is 2.00 bits per heavy atom. The van der Waals surface area contributed by atoms with Gasteiger partial charge in [0.1, 0.15) is 0 Å². The Balaban J connectivity index is 1.55. The maximum absolute atomic E-state index is 11.2. The molecule has 0 amide bonds. The van der Waals surface area contributed by atoms with Gasteiger partial charge in [-0.3, -0.25) is 10.1 Å². The Bertz CT molecular complexity index is 867. The quantitative estimate of drug-likeness (QED) is 0.326. The SMILES string of the molecule is CCN1CCCc2cc(CN(Sc3cccc([N+](=O)[O-])c3)C3CCCC3)ccc21. The first-order valence-electron chi connectivity index (χ1n) is 10.7. The minimum absolute atomic E-state index is 0.162. The predicted octanol–water partition coefficient (Wildman–Crippen LogP) is 5.82. The molecule has 0 radical (unpaired) electrons. The van der Waals surface area contributed by atoms with Gasteiger partial charge in [-0.2, -0.15) is 0 Å². The second-order valence-electron chi connectivity index (χ2n) is 8.01. The monoisotopic (exact) mass is 411 g/mol. The van der Waals surface area contributed by atoms with Crippen LogP contribution in [0.1, 0.15) is 50.2 Å². The zero-order valence-electron chi connectivity index (χ0n) is 17.0. The molecule has 4 rings (SSSR count). The summed E-state index contributed by atoms with van der Waals surface area (Å²) in [6, 6.07) is 14.5. The summed E-state index contributed by atoms with van der Waals surface area (Å²) >= 11 is 1.67. The molecular weight excluding hydrogens is 382 g/mol. The number of non-ortho nitro benzene ring substituents is 1. The molecule has 1 saturated carbocycles. The van der Waals surface area contributed by atoms with Gasteiger partial charge in [-0.05, 0) is 67.8 Å². The van der Waals surface area contributed by atoms with Crippen molar-refractivity contribution in [3.63, 3.8) is 0 Å². The third kappa shape index (κ3) is 4.75. The lowest BCUT2D eigenvalue weighted by atomic mass is 9.99. The highest BCUT2D eigenvalue weighted by atomic mass is 32.2. The highest BCUT2D eigenvalue weighted by molar-refractivity contribution is 7.97. The van der Waals surface area contributed by atoms with Crippen molar-refractivity contribution in [2.24, 2.45) is 0 Å². The average Bonchev–Trinajstić information content (AvgIpc) is 3.28. The van der Waals surface area contributed by atoms with E-state index in [1.165, 1.54) is 48.9 Å². The number of hydrogen-bond acceptors (Lipinski definition) is 5. The second kappa shape index (κ2) is 9.18. The van der Waals surface area contributed by atoms with Crippen molar-refractivity contribution < 1.29 is 4.92 Å². The fourth-order valence-electron chi connectivity index (χ4n) is 4.55. The van der Waals surface area contributed by atoms with Crippen molar-refractivity contribution in [3.8, 4) is 0 Å². The van der Waals surface area contributed by atoms with E-state index in [1.807, 2.05) is 6.07 Å². The van der Waals surface area contributed by atoms with E-state index in [9.17, 15) is 10.1 Å². The Labute approximate surface area is 177 Å². The summed E-state index contributed by atoms with van der Waals surface area (Å²) in [7, 11) is 0. The van der Waals surface area contributed by atoms with Gasteiger partial charge in [0.25, 0.3) is 5.69 Å². The van der Waals surface area contributed by atoms with Crippen molar-refractivity contribution in [2.45, 2.75) is 62.9 Å². The maximum Gasteiger partial charge on any atom is 0.270 e. The third-order valence-electron chi connectivity index (χ3n) is 6.06. The normalized spacial score (nSPS) is 17.0. The van der Waals surface area contributed by atoms with Crippen LogP contribution in [0.2, 0.25) is 0 Å². The molecule has 2 aliphatic rings. The second-order valence-corrected chi connectivity index (χ2v) is 9.13.